The number of nitrogens with two attached hydrogens (primary N) is 1. The molecule has 0 saturated carbocycles. The number of rotatable bonds is 5. The SMILES string of the molecule is Cc1ccccc1CS(=O)(=O)CC(N)c1ccccc1. The highest BCUT2D eigenvalue weighted by atomic mass is 32.2. The largest absolute Gasteiger partial charge is 0.323 e. The average molecular weight is 289 g/mol. The molecule has 0 saturated heterocycles. The summed E-state index contributed by atoms with van der Waals surface area (Å²) in [6.07, 6.45) is 0. The minimum Gasteiger partial charge on any atom is -0.323 e. The van der Waals surface area contributed by atoms with E-state index in [1.165, 1.54) is 0 Å². The molecule has 0 amide bonds. The molecule has 0 aliphatic carbocycles. The zero-order valence-corrected chi connectivity index (χ0v) is 12.3. The van der Waals surface area contributed by atoms with Gasteiger partial charge in [-0.2, -0.15) is 0 Å². The Labute approximate surface area is 120 Å². The van der Waals surface area contributed by atoms with Crippen molar-refractivity contribution in [1.29, 1.82) is 0 Å². The predicted octanol–water partition coefficient (Wildman–Crippen LogP) is 2.61. The topological polar surface area (TPSA) is 60.2 Å². The molecular weight excluding hydrogens is 270 g/mol. The molecule has 0 aliphatic heterocycles. The highest BCUT2D eigenvalue weighted by Crippen LogP contribution is 2.17. The van der Waals surface area contributed by atoms with Gasteiger partial charge in [-0.15, -0.1) is 0 Å². The van der Waals surface area contributed by atoms with E-state index in [4.69, 9.17) is 5.73 Å². The summed E-state index contributed by atoms with van der Waals surface area (Å²) in [7, 11) is -3.23. The molecule has 2 rings (SSSR count). The van der Waals surface area contributed by atoms with Crippen molar-refractivity contribution in [2.45, 2.75) is 18.7 Å². The summed E-state index contributed by atoms with van der Waals surface area (Å²) < 4.78 is 24.5. The summed E-state index contributed by atoms with van der Waals surface area (Å²) in [4.78, 5) is 0. The van der Waals surface area contributed by atoms with E-state index in [1.54, 1.807) is 0 Å². The summed E-state index contributed by atoms with van der Waals surface area (Å²) in [5.41, 5.74) is 8.67. The first-order chi connectivity index (χ1) is 9.48. The monoisotopic (exact) mass is 289 g/mol. The molecule has 0 fully saturated rings. The Balaban J connectivity index is 2.10. The molecule has 0 spiro atoms. The van der Waals surface area contributed by atoms with E-state index in [0.29, 0.717) is 0 Å². The lowest BCUT2D eigenvalue weighted by Crippen LogP contribution is -2.23. The number of benzene rings is 2. The molecule has 0 aliphatic rings. The van der Waals surface area contributed by atoms with Crippen molar-refractivity contribution in [2.24, 2.45) is 5.73 Å². The van der Waals surface area contributed by atoms with Gasteiger partial charge in [0.25, 0.3) is 0 Å². The van der Waals surface area contributed by atoms with Crippen molar-refractivity contribution in [1.82, 2.24) is 0 Å². The first kappa shape index (κ1) is 14.8. The van der Waals surface area contributed by atoms with Crippen molar-refractivity contribution >= 4 is 9.84 Å². The lowest BCUT2D eigenvalue weighted by molar-refractivity contribution is 0.588. The zero-order valence-electron chi connectivity index (χ0n) is 11.5. The van der Waals surface area contributed by atoms with Crippen LogP contribution < -0.4 is 5.73 Å². The lowest BCUT2D eigenvalue weighted by atomic mass is 10.1. The van der Waals surface area contributed by atoms with Crippen LogP contribution in [0.25, 0.3) is 0 Å². The molecule has 0 radical (unpaired) electrons. The second-order valence-corrected chi connectivity index (χ2v) is 7.11. The number of hydrogen-bond donors (Lipinski definition) is 1. The third-order valence-electron chi connectivity index (χ3n) is 3.30. The van der Waals surface area contributed by atoms with Crippen molar-refractivity contribution < 1.29 is 8.42 Å². The number of hydrogen-bond acceptors (Lipinski definition) is 3. The van der Waals surface area contributed by atoms with E-state index in [1.807, 2.05) is 61.5 Å². The Hall–Kier alpha value is -1.65. The molecule has 2 N–H and O–H groups in total. The standard InChI is InChI=1S/C16H19NO2S/c1-13-7-5-6-10-15(13)11-20(18,19)12-16(17)14-8-3-2-4-9-14/h2-10,16H,11-12,17H2,1H3. The van der Waals surface area contributed by atoms with E-state index in [-0.39, 0.29) is 11.5 Å². The fourth-order valence-corrected chi connectivity index (χ4v) is 3.79. The third-order valence-corrected chi connectivity index (χ3v) is 4.92. The Morgan fingerprint density at radius 2 is 1.60 bits per heavy atom. The number of aryl methyl sites for hydroxylation is 1. The van der Waals surface area contributed by atoms with Crippen LogP contribution in [0.5, 0.6) is 0 Å². The van der Waals surface area contributed by atoms with Crippen molar-refractivity contribution in [2.75, 3.05) is 5.75 Å². The Morgan fingerprint density at radius 1 is 1.00 bits per heavy atom. The first-order valence-electron chi connectivity index (χ1n) is 6.53. The zero-order chi connectivity index (χ0) is 14.6. The van der Waals surface area contributed by atoms with E-state index in [9.17, 15) is 8.42 Å². The van der Waals surface area contributed by atoms with E-state index < -0.39 is 15.9 Å². The van der Waals surface area contributed by atoms with Gasteiger partial charge in [0.15, 0.2) is 9.84 Å². The van der Waals surface area contributed by atoms with E-state index >= 15 is 0 Å². The maximum Gasteiger partial charge on any atom is 0.156 e. The molecule has 2 aromatic rings. The van der Waals surface area contributed by atoms with Crippen LogP contribution in [0.1, 0.15) is 22.7 Å². The van der Waals surface area contributed by atoms with Crippen molar-refractivity contribution in [3.63, 3.8) is 0 Å². The highest BCUT2D eigenvalue weighted by Gasteiger charge is 2.18. The van der Waals surface area contributed by atoms with Gasteiger partial charge >= 0.3 is 0 Å². The van der Waals surface area contributed by atoms with Crippen LogP contribution in [0.2, 0.25) is 0 Å². The van der Waals surface area contributed by atoms with Crippen molar-refractivity contribution in [3.8, 4) is 0 Å². The molecule has 106 valence electrons. The highest BCUT2D eigenvalue weighted by molar-refractivity contribution is 7.90. The van der Waals surface area contributed by atoms with Gasteiger partial charge in [-0.1, -0.05) is 54.6 Å². The van der Waals surface area contributed by atoms with Gasteiger partial charge in [0, 0.05) is 6.04 Å². The summed E-state index contributed by atoms with van der Waals surface area (Å²) in [5, 5.41) is 0. The van der Waals surface area contributed by atoms with Crippen LogP contribution in [-0.4, -0.2) is 14.2 Å². The Bertz CT molecular complexity index is 666. The van der Waals surface area contributed by atoms with Gasteiger partial charge in [0.1, 0.15) is 0 Å². The maximum atomic E-state index is 12.3. The van der Waals surface area contributed by atoms with E-state index in [0.717, 1.165) is 16.7 Å². The fourth-order valence-electron chi connectivity index (χ4n) is 2.14. The summed E-state index contributed by atoms with van der Waals surface area (Å²) in [5.74, 6) is 0.00551. The van der Waals surface area contributed by atoms with Crippen LogP contribution in [0, 0.1) is 6.92 Å². The second-order valence-electron chi connectivity index (χ2n) is 5.00. The number of sulfone groups is 1. The molecular formula is C16H19NO2S. The molecule has 0 aromatic heterocycles. The van der Waals surface area contributed by atoms with Gasteiger partial charge < -0.3 is 5.73 Å². The third kappa shape index (κ3) is 3.92. The molecule has 2 aromatic carbocycles. The van der Waals surface area contributed by atoms with Gasteiger partial charge in [-0.3, -0.25) is 0 Å². The fraction of sp³-hybridized carbons (Fsp3) is 0.250. The quantitative estimate of drug-likeness (QED) is 0.920. The van der Waals surface area contributed by atoms with Crippen LogP contribution in [0.15, 0.2) is 54.6 Å². The minimum atomic E-state index is -3.23. The van der Waals surface area contributed by atoms with Crippen LogP contribution in [-0.2, 0) is 15.6 Å². The molecule has 1 unspecified atom stereocenters. The van der Waals surface area contributed by atoms with Crippen LogP contribution in [0.4, 0.5) is 0 Å². The maximum absolute atomic E-state index is 12.3. The summed E-state index contributed by atoms with van der Waals surface area (Å²) >= 11 is 0. The molecule has 1 atom stereocenters. The normalized spacial score (nSPS) is 13.1. The second kappa shape index (κ2) is 6.20. The van der Waals surface area contributed by atoms with Gasteiger partial charge in [-0.25, -0.2) is 8.42 Å². The Kier molecular flexibility index (Phi) is 4.57. The van der Waals surface area contributed by atoms with Crippen molar-refractivity contribution in [3.05, 3.63) is 71.3 Å². The molecule has 0 bridgehead atoms. The molecule has 20 heavy (non-hydrogen) atoms. The Morgan fingerprint density at radius 3 is 2.25 bits per heavy atom. The van der Waals surface area contributed by atoms with Gasteiger partial charge in [0.2, 0.25) is 0 Å². The van der Waals surface area contributed by atoms with Crippen LogP contribution >= 0.6 is 0 Å². The van der Waals surface area contributed by atoms with Gasteiger partial charge in [0.05, 0.1) is 11.5 Å². The molecule has 0 heterocycles. The van der Waals surface area contributed by atoms with Gasteiger partial charge in [-0.05, 0) is 23.6 Å². The lowest BCUT2D eigenvalue weighted by Gasteiger charge is -2.13. The first-order valence-corrected chi connectivity index (χ1v) is 8.35. The smallest absolute Gasteiger partial charge is 0.156 e. The summed E-state index contributed by atoms with van der Waals surface area (Å²) in [6, 6.07) is 16.4. The molecule has 4 heteroatoms. The summed E-state index contributed by atoms with van der Waals surface area (Å²) in [6.45, 7) is 1.92. The minimum absolute atomic E-state index is 0.0364. The van der Waals surface area contributed by atoms with Crippen LogP contribution in [0.3, 0.4) is 0 Å². The predicted molar refractivity (Wildman–Crippen MR) is 82.0 cm³/mol. The van der Waals surface area contributed by atoms with E-state index in [2.05, 4.69) is 0 Å². The molecule has 3 nitrogen and oxygen atoms in total. The average Bonchev–Trinajstić information content (AvgIpc) is 2.41.